The highest BCUT2D eigenvalue weighted by molar-refractivity contribution is 6.33. The van der Waals surface area contributed by atoms with Gasteiger partial charge in [-0.2, -0.15) is 0 Å². The highest BCUT2D eigenvalue weighted by Gasteiger charge is 2.21. The van der Waals surface area contributed by atoms with Crippen LogP contribution in [0.15, 0.2) is 69.9 Å². The van der Waals surface area contributed by atoms with Gasteiger partial charge in [-0.25, -0.2) is 0 Å². The quantitative estimate of drug-likeness (QED) is 0.348. The average molecular weight is 476 g/mol. The van der Waals surface area contributed by atoms with E-state index in [1.54, 1.807) is 60.7 Å². The third kappa shape index (κ3) is 4.72. The molecule has 4 rings (SSSR count). The predicted molar refractivity (Wildman–Crippen MR) is 133 cm³/mol. The lowest BCUT2D eigenvalue weighted by Crippen LogP contribution is -2.17. The first kappa shape index (κ1) is 23.3. The van der Waals surface area contributed by atoms with Crippen molar-refractivity contribution in [1.82, 2.24) is 0 Å². The number of Topliss-reactive ketones (excluding diaryl/α,β-unsaturated/α-hetero) is 1. The van der Waals surface area contributed by atoms with Crippen molar-refractivity contribution < 1.29 is 18.7 Å². The molecule has 0 radical (unpaired) electrons. The van der Waals surface area contributed by atoms with Crippen LogP contribution in [0.4, 0.5) is 5.69 Å². The third-order valence-corrected chi connectivity index (χ3v) is 5.79. The summed E-state index contributed by atoms with van der Waals surface area (Å²) in [5, 5.41) is 3.39. The van der Waals surface area contributed by atoms with E-state index in [-0.39, 0.29) is 35.2 Å². The van der Waals surface area contributed by atoms with Crippen LogP contribution in [0.2, 0.25) is 5.02 Å². The summed E-state index contributed by atoms with van der Waals surface area (Å²) in [6, 6.07) is 16.9. The molecule has 3 aromatic carbocycles. The molecule has 0 aliphatic rings. The molecule has 0 aliphatic heterocycles. The Morgan fingerprint density at radius 1 is 1.00 bits per heavy atom. The first-order valence-electron chi connectivity index (χ1n) is 10.6. The van der Waals surface area contributed by atoms with E-state index in [4.69, 9.17) is 20.8 Å². The van der Waals surface area contributed by atoms with E-state index in [1.807, 2.05) is 13.8 Å². The summed E-state index contributed by atoms with van der Waals surface area (Å²) in [6.07, 6.45) is 0. The molecule has 34 heavy (non-hydrogen) atoms. The van der Waals surface area contributed by atoms with Gasteiger partial charge in [-0.1, -0.05) is 23.7 Å². The molecule has 172 valence electrons. The molecule has 1 N–H and O–H groups in total. The molecule has 1 aromatic heterocycles. The minimum Gasteiger partial charge on any atom is -0.478 e. The molecular weight excluding hydrogens is 454 g/mol. The number of carbonyl (C=O) groups is 2. The Morgan fingerprint density at radius 2 is 1.68 bits per heavy atom. The number of anilines is 1. The van der Waals surface area contributed by atoms with Crippen LogP contribution in [0, 0.1) is 13.8 Å². The fourth-order valence-corrected chi connectivity index (χ4v) is 3.77. The van der Waals surface area contributed by atoms with Crippen molar-refractivity contribution in [2.45, 2.75) is 20.8 Å². The monoisotopic (exact) mass is 475 g/mol. The molecule has 0 spiro atoms. The van der Waals surface area contributed by atoms with Gasteiger partial charge < -0.3 is 14.5 Å². The zero-order chi connectivity index (χ0) is 24.4. The lowest BCUT2D eigenvalue weighted by molar-refractivity contribution is -0.114. The van der Waals surface area contributed by atoms with Gasteiger partial charge in [-0.15, -0.1) is 0 Å². The maximum Gasteiger partial charge on any atom is 0.235 e. The molecule has 0 unspecified atom stereocenters. The van der Waals surface area contributed by atoms with Gasteiger partial charge in [0, 0.05) is 23.7 Å². The average Bonchev–Trinajstić information content (AvgIpc) is 2.80. The summed E-state index contributed by atoms with van der Waals surface area (Å²) in [4.78, 5) is 37.4. The lowest BCUT2D eigenvalue weighted by atomic mass is 10.0. The van der Waals surface area contributed by atoms with Crippen LogP contribution in [0.5, 0.6) is 5.75 Å². The van der Waals surface area contributed by atoms with Gasteiger partial charge >= 0.3 is 0 Å². The third-order valence-electron chi connectivity index (χ3n) is 5.46. The molecule has 4 aromatic rings. The van der Waals surface area contributed by atoms with Crippen molar-refractivity contribution in [2.24, 2.45) is 0 Å². The fraction of sp³-hybridized carbons (Fsp3) is 0.148. The van der Waals surface area contributed by atoms with E-state index in [0.717, 1.165) is 11.1 Å². The van der Waals surface area contributed by atoms with Crippen molar-refractivity contribution >= 4 is 39.9 Å². The van der Waals surface area contributed by atoms with Crippen LogP contribution in [-0.2, 0) is 4.79 Å². The summed E-state index contributed by atoms with van der Waals surface area (Å²) < 4.78 is 11.9. The van der Waals surface area contributed by atoms with Crippen LogP contribution in [0.3, 0.4) is 0 Å². The van der Waals surface area contributed by atoms with Crippen LogP contribution in [0.1, 0.15) is 28.4 Å². The van der Waals surface area contributed by atoms with Crippen molar-refractivity contribution in [1.29, 1.82) is 0 Å². The van der Waals surface area contributed by atoms with E-state index in [9.17, 15) is 14.4 Å². The van der Waals surface area contributed by atoms with Crippen molar-refractivity contribution in [3.05, 3.63) is 92.6 Å². The molecular formula is C27H22ClNO5. The number of ketones is 1. The lowest BCUT2D eigenvalue weighted by Gasteiger charge is -2.13. The molecule has 1 amide bonds. The SMILES string of the molecule is CC(=O)Nc1ccc(C(=O)COc2c(-c3ccccc3Cl)oc3cc(C)c(C)cc3c2=O)cc1. The topological polar surface area (TPSA) is 85.6 Å². The summed E-state index contributed by atoms with van der Waals surface area (Å²) >= 11 is 6.39. The molecule has 0 saturated heterocycles. The fourth-order valence-electron chi connectivity index (χ4n) is 3.55. The first-order valence-corrected chi connectivity index (χ1v) is 11.0. The smallest absolute Gasteiger partial charge is 0.235 e. The van der Waals surface area contributed by atoms with Gasteiger partial charge in [0.2, 0.25) is 17.1 Å². The number of ether oxygens (including phenoxy) is 1. The standard InChI is InChI=1S/C27H22ClNO5/c1-15-12-21-24(13-16(15)2)34-26(20-6-4-5-7-22(20)28)27(25(21)32)33-14-23(31)18-8-10-19(11-9-18)29-17(3)30/h4-13H,14H2,1-3H3,(H,29,30). The second-order valence-electron chi connectivity index (χ2n) is 7.97. The minimum atomic E-state index is -0.381. The molecule has 1 heterocycles. The number of fused-ring (bicyclic) bond motifs is 1. The molecule has 0 fully saturated rings. The number of amides is 1. The number of halogens is 1. The number of aryl methyl sites for hydroxylation is 2. The Labute approximate surface area is 201 Å². The van der Waals surface area contributed by atoms with Crippen molar-refractivity contribution in [3.63, 3.8) is 0 Å². The number of nitrogens with one attached hydrogen (secondary N) is 1. The van der Waals surface area contributed by atoms with E-state index in [2.05, 4.69) is 5.32 Å². The van der Waals surface area contributed by atoms with Gasteiger partial charge in [-0.05, 0) is 73.5 Å². The molecule has 6 nitrogen and oxygen atoms in total. The van der Waals surface area contributed by atoms with E-state index < -0.39 is 0 Å². The Balaban J connectivity index is 1.73. The molecule has 0 bridgehead atoms. The van der Waals surface area contributed by atoms with Crippen LogP contribution in [-0.4, -0.2) is 18.3 Å². The second kappa shape index (κ2) is 9.53. The Hall–Kier alpha value is -3.90. The summed E-state index contributed by atoms with van der Waals surface area (Å²) in [5.41, 5.74) is 3.39. The van der Waals surface area contributed by atoms with Gasteiger partial charge in [0.05, 0.1) is 10.4 Å². The molecule has 0 saturated carbocycles. The zero-order valence-corrected chi connectivity index (χ0v) is 19.7. The van der Waals surface area contributed by atoms with Crippen LogP contribution in [0.25, 0.3) is 22.3 Å². The minimum absolute atomic E-state index is 0.0768. The Kier molecular flexibility index (Phi) is 6.52. The number of carbonyl (C=O) groups excluding carboxylic acids is 2. The number of hydrogen-bond acceptors (Lipinski definition) is 5. The predicted octanol–water partition coefficient (Wildman–Crippen LogP) is 5.95. The molecule has 0 atom stereocenters. The Morgan fingerprint density at radius 3 is 2.35 bits per heavy atom. The maximum atomic E-state index is 13.4. The number of hydrogen-bond donors (Lipinski definition) is 1. The highest BCUT2D eigenvalue weighted by atomic mass is 35.5. The zero-order valence-electron chi connectivity index (χ0n) is 18.9. The van der Waals surface area contributed by atoms with Crippen LogP contribution >= 0.6 is 11.6 Å². The van der Waals surface area contributed by atoms with Crippen LogP contribution < -0.4 is 15.5 Å². The van der Waals surface area contributed by atoms with Crippen molar-refractivity contribution in [3.8, 4) is 17.1 Å². The summed E-state index contributed by atoms with van der Waals surface area (Å²) in [7, 11) is 0. The van der Waals surface area contributed by atoms with Gasteiger partial charge in [0.25, 0.3) is 0 Å². The van der Waals surface area contributed by atoms with E-state index in [0.29, 0.717) is 32.8 Å². The summed E-state index contributed by atoms with van der Waals surface area (Å²) in [5.74, 6) is -0.450. The van der Waals surface area contributed by atoms with E-state index >= 15 is 0 Å². The number of benzene rings is 3. The largest absolute Gasteiger partial charge is 0.478 e. The summed E-state index contributed by atoms with van der Waals surface area (Å²) in [6.45, 7) is 4.87. The van der Waals surface area contributed by atoms with Gasteiger partial charge in [-0.3, -0.25) is 14.4 Å². The number of rotatable bonds is 6. The van der Waals surface area contributed by atoms with E-state index in [1.165, 1.54) is 6.92 Å². The van der Waals surface area contributed by atoms with Gasteiger partial charge in [0.15, 0.2) is 18.2 Å². The van der Waals surface area contributed by atoms with Crippen molar-refractivity contribution in [2.75, 3.05) is 11.9 Å². The maximum absolute atomic E-state index is 13.4. The second-order valence-corrected chi connectivity index (χ2v) is 8.38. The first-order chi connectivity index (χ1) is 16.2. The highest BCUT2D eigenvalue weighted by Crippen LogP contribution is 2.35. The molecule has 0 aliphatic carbocycles. The normalized spacial score (nSPS) is 10.8. The van der Waals surface area contributed by atoms with Gasteiger partial charge in [0.1, 0.15) is 5.58 Å². The molecule has 7 heteroatoms. The Bertz CT molecular complexity index is 1470.